The van der Waals surface area contributed by atoms with Crippen molar-refractivity contribution in [3.05, 3.63) is 115 Å². The van der Waals surface area contributed by atoms with E-state index in [-0.39, 0.29) is 0 Å². The minimum absolute atomic E-state index is 0.396. The first-order chi connectivity index (χ1) is 15.2. The number of hydrogen-bond acceptors (Lipinski definition) is 2. The summed E-state index contributed by atoms with van der Waals surface area (Å²) in [7, 11) is 0. The van der Waals surface area contributed by atoms with Gasteiger partial charge in [-0.25, -0.2) is 0 Å². The zero-order chi connectivity index (χ0) is 21.7. The summed E-state index contributed by atoms with van der Waals surface area (Å²) in [4.78, 5) is 2.33. The van der Waals surface area contributed by atoms with Gasteiger partial charge in [0, 0.05) is 16.9 Å². The minimum Gasteiger partial charge on any atom is -0.321 e. The minimum atomic E-state index is -0.396. The summed E-state index contributed by atoms with van der Waals surface area (Å²) < 4.78 is 0. The molecule has 0 aliphatic heterocycles. The summed E-state index contributed by atoms with van der Waals surface area (Å²) in [6.45, 7) is 4.35. The predicted octanol–water partition coefficient (Wildman–Crippen LogP) is 7.80. The highest BCUT2D eigenvalue weighted by atomic mass is 15.1. The third kappa shape index (κ3) is 4.26. The molecule has 0 bridgehead atoms. The van der Waals surface area contributed by atoms with Crippen LogP contribution in [0.2, 0.25) is 0 Å². The molecule has 0 amide bonds. The van der Waals surface area contributed by atoms with Gasteiger partial charge in [0.15, 0.2) is 0 Å². The number of nitrogens with two attached hydrogens (primary N) is 1. The van der Waals surface area contributed by atoms with E-state index in [2.05, 4.69) is 128 Å². The molecule has 4 aromatic carbocycles. The van der Waals surface area contributed by atoms with Gasteiger partial charge in [-0.1, -0.05) is 92.7 Å². The Kier molecular flexibility index (Phi) is 6.20. The maximum atomic E-state index is 6.97. The van der Waals surface area contributed by atoms with E-state index in [0.717, 1.165) is 29.9 Å². The fourth-order valence-electron chi connectivity index (χ4n) is 4.16. The predicted molar refractivity (Wildman–Crippen MR) is 133 cm³/mol. The maximum Gasteiger partial charge on any atom is 0.0518 e. The summed E-state index contributed by atoms with van der Waals surface area (Å²) in [5, 5.41) is 0. The van der Waals surface area contributed by atoms with E-state index >= 15 is 0 Å². The summed E-state index contributed by atoms with van der Waals surface area (Å²) >= 11 is 0. The number of rotatable bonds is 7. The molecular weight excluding hydrogens is 376 g/mol. The van der Waals surface area contributed by atoms with E-state index in [0.29, 0.717) is 0 Å². The van der Waals surface area contributed by atoms with Crippen LogP contribution >= 0.6 is 0 Å². The zero-order valence-corrected chi connectivity index (χ0v) is 18.3. The Morgan fingerprint density at radius 1 is 0.613 bits per heavy atom. The molecule has 156 valence electrons. The molecule has 0 aliphatic carbocycles. The quantitative estimate of drug-likeness (QED) is 0.339. The lowest BCUT2D eigenvalue weighted by Gasteiger charge is -2.35. The van der Waals surface area contributed by atoms with Gasteiger partial charge in [-0.2, -0.15) is 0 Å². The Morgan fingerprint density at radius 2 is 1.10 bits per heavy atom. The number of hydrogen-bond donors (Lipinski definition) is 1. The molecule has 2 nitrogen and oxygen atoms in total. The molecule has 0 aromatic heterocycles. The normalized spacial score (nSPS) is 11.3. The Bertz CT molecular complexity index is 1060. The van der Waals surface area contributed by atoms with E-state index in [9.17, 15) is 0 Å². The highest BCUT2D eigenvalue weighted by molar-refractivity contribution is 5.82. The van der Waals surface area contributed by atoms with E-state index < -0.39 is 5.54 Å². The van der Waals surface area contributed by atoms with Crippen molar-refractivity contribution < 1.29 is 0 Å². The summed E-state index contributed by atoms with van der Waals surface area (Å²) in [6.07, 6.45) is 1.75. The van der Waals surface area contributed by atoms with Crippen molar-refractivity contribution in [2.45, 2.75) is 32.2 Å². The van der Waals surface area contributed by atoms with Crippen LogP contribution < -0.4 is 10.6 Å². The lowest BCUT2D eigenvalue weighted by atomic mass is 9.83. The molecule has 0 saturated heterocycles. The molecule has 0 atom stereocenters. The van der Waals surface area contributed by atoms with Crippen LogP contribution in [0.1, 0.15) is 32.3 Å². The first-order valence-electron chi connectivity index (χ1n) is 11.1. The molecule has 0 saturated carbocycles. The second kappa shape index (κ2) is 9.20. The molecule has 4 aromatic rings. The van der Waals surface area contributed by atoms with Gasteiger partial charge in [0.25, 0.3) is 0 Å². The van der Waals surface area contributed by atoms with E-state index in [1.165, 1.54) is 16.7 Å². The topological polar surface area (TPSA) is 29.3 Å². The van der Waals surface area contributed by atoms with Crippen LogP contribution in [0.5, 0.6) is 0 Å². The Balaban J connectivity index is 2.00. The zero-order valence-electron chi connectivity index (χ0n) is 18.3. The molecular formula is C29H30N2. The average molecular weight is 407 g/mol. The summed E-state index contributed by atoms with van der Waals surface area (Å²) in [5.74, 6) is 0. The monoisotopic (exact) mass is 406 g/mol. The van der Waals surface area contributed by atoms with Crippen LogP contribution in [0.3, 0.4) is 0 Å². The van der Waals surface area contributed by atoms with Gasteiger partial charge < -0.3 is 10.6 Å². The van der Waals surface area contributed by atoms with Crippen LogP contribution in [-0.2, 0) is 5.54 Å². The first-order valence-corrected chi connectivity index (χ1v) is 11.1. The largest absolute Gasteiger partial charge is 0.321 e. The highest BCUT2D eigenvalue weighted by Gasteiger charge is 2.29. The number of nitrogens with zero attached hydrogens (tertiary/aromatic N) is 1. The van der Waals surface area contributed by atoms with Gasteiger partial charge in [-0.05, 0) is 59.9 Å². The third-order valence-corrected chi connectivity index (χ3v) is 6.17. The van der Waals surface area contributed by atoms with E-state index in [1.54, 1.807) is 0 Å². The average Bonchev–Trinajstić information content (AvgIpc) is 2.85. The SMILES string of the molecule is CCC(N)(CC)c1ccc(-c2ccccc2)cc1N(c1ccccc1)c1ccccc1. The lowest BCUT2D eigenvalue weighted by molar-refractivity contribution is 0.413. The first kappa shape index (κ1) is 20.9. The van der Waals surface area contributed by atoms with Crippen LogP contribution in [0, 0.1) is 0 Å². The van der Waals surface area contributed by atoms with Crippen molar-refractivity contribution in [2.75, 3.05) is 4.90 Å². The Morgan fingerprint density at radius 3 is 1.58 bits per heavy atom. The van der Waals surface area contributed by atoms with Crippen molar-refractivity contribution >= 4 is 17.1 Å². The summed E-state index contributed by atoms with van der Waals surface area (Å²) in [5.41, 5.74) is 13.5. The fraction of sp³-hybridized carbons (Fsp3) is 0.172. The van der Waals surface area contributed by atoms with Gasteiger partial charge >= 0.3 is 0 Å². The number of para-hydroxylation sites is 2. The molecule has 2 heteroatoms. The molecule has 0 fully saturated rings. The number of anilines is 3. The van der Waals surface area contributed by atoms with Gasteiger partial charge in [0.2, 0.25) is 0 Å². The van der Waals surface area contributed by atoms with Crippen molar-refractivity contribution in [1.29, 1.82) is 0 Å². The van der Waals surface area contributed by atoms with Crippen molar-refractivity contribution in [3.8, 4) is 11.1 Å². The van der Waals surface area contributed by atoms with Crippen LogP contribution in [0.15, 0.2) is 109 Å². The Hall–Kier alpha value is -3.36. The van der Waals surface area contributed by atoms with Gasteiger partial charge in [-0.15, -0.1) is 0 Å². The molecule has 0 unspecified atom stereocenters. The maximum absolute atomic E-state index is 6.97. The fourth-order valence-corrected chi connectivity index (χ4v) is 4.16. The van der Waals surface area contributed by atoms with Crippen LogP contribution in [-0.4, -0.2) is 0 Å². The van der Waals surface area contributed by atoms with E-state index in [4.69, 9.17) is 5.73 Å². The molecule has 0 radical (unpaired) electrons. The molecule has 0 aliphatic rings. The third-order valence-electron chi connectivity index (χ3n) is 6.17. The standard InChI is InChI=1S/C29H30N2/c1-3-29(30,4-2)27-21-20-24(23-14-8-5-9-15-23)22-28(27)31(25-16-10-6-11-17-25)26-18-12-7-13-19-26/h5-22H,3-4,30H2,1-2H3. The van der Waals surface area contributed by atoms with Crippen molar-refractivity contribution in [1.82, 2.24) is 0 Å². The number of benzene rings is 4. The second-order valence-corrected chi connectivity index (χ2v) is 7.97. The molecule has 31 heavy (non-hydrogen) atoms. The molecule has 4 rings (SSSR count). The lowest BCUT2D eigenvalue weighted by Crippen LogP contribution is -2.36. The van der Waals surface area contributed by atoms with Gasteiger partial charge in [0.05, 0.1) is 5.69 Å². The molecule has 2 N–H and O–H groups in total. The van der Waals surface area contributed by atoms with Gasteiger partial charge in [0.1, 0.15) is 0 Å². The summed E-state index contributed by atoms with van der Waals surface area (Å²) in [6, 6.07) is 38.3. The molecule has 0 heterocycles. The van der Waals surface area contributed by atoms with Crippen LogP contribution in [0.25, 0.3) is 11.1 Å². The van der Waals surface area contributed by atoms with Crippen molar-refractivity contribution in [3.63, 3.8) is 0 Å². The Labute approximate surface area is 186 Å². The smallest absolute Gasteiger partial charge is 0.0518 e. The van der Waals surface area contributed by atoms with Crippen molar-refractivity contribution in [2.24, 2.45) is 5.73 Å². The molecule has 0 spiro atoms. The van der Waals surface area contributed by atoms with E-state index in [1.807, 2.05) is 0 Å². The van der Waals surface area contributed by atoms with Crippen LogP contribution in [0.4, 0.5) is 17.1 Å². The van der Waals surface area contributed by atoms with Gasteiger partial charge in [-0.3, -0.25) is 0 Å². The second-order valence-electron chi connectivity index (χ2n) is 7.97. The highest BCUT2D eigenvalue weighted by Crippen LogP contribution is 2.43.